The topological polar surface area (TPSA) is 77.6 Å². The lowest BCUT2D eigenvalue weighted by Gasteiger charge is -2.40. The standard InChI is InChI=1S/C18H28N6O/c1-7-19-15(25)14-8-9-18(5,17(14,3)4)16-21-12(2)22-24(16)13-10-20-23(6)11-13/h10-11,14H,7-9H2,1-6H3,(H,19,25)/t14-,18+/m1/s1. The summed E-state index contributed by atoms with van der Waals surface area (Å²) in [5.74, 6) is 1.75. The molecule has 1 aliphatic rings. The molecule has 25 heavy (non-hydrogen) atoms. The van der Waals surface area contributed by atoms with Gasteiger partial charge in [-0.3, -0.25) is 9.48 Å². The van der Waals surface area contributed by atoms with E-state index in [1.807, 2.05) is 31.8 Å². The number of nitrogens with zero attached hydrogens (tertiary/aromatic N) is 5. The van der Waals surface area contributed by atoms with Crippen molar-refractivity contribution in [2.24, 2.45) is 18.4 Å². The van der Waals surface area contributed by atoms with Gasteiger partial charge in [0.25, 0.3) is 0 Å². The molecule has 2 aromatic heterocycles. The lowest BCUT2D eigenvalue weighted by Crippen LogP contribution is -2.45. The molecule has 7 heteroatoms. The maximum Gasteiger partial charge on any atom is 0.223 e. The van der Waals surface area contributed by atoms with Crippen molar-refractivity contribution in [3.8, 4) is 5.69 Å². The van der Waals surface area contributed by atoms with E-state index in [1.165, 1.54) is 0 Å². The first-order valence-corrected chi connectivity index (χ1v) is 8.91. The summed E-state index contributed by atoms with van der Waals surface area (Å²) < 4.78 is 3.65. The summed E-state index contributed by atoms with van der Waals surface area (Å²) in [6, 6.07) is 0. The van der Waals surface area contributed by atoms with Crippen LogP contribution in [0.5, 0.6) is 0 Å². The highest BCUT2D eigenvalue weighted by Gasteiger charge is 2.57. The van der Waals surface area contributed by atoms with E-state index in [9.17, 15) is 4.79 Å². The number of carbonyl (C=O) groups is 1. The third-order valence-electron chi connectivity index (χ3n) is 6.04. The Labute approximate surface area is 148 Å². The Morgan fingerprint density at radius 1 is 1.40 bits per heavy atom. The van der Waals surface area contributed by atoms with E-state index in [0.717, 1.165) is 30.2 Å². The minimum atomic E-state index is -0.250. The summed E-state index contributed by atoms with van der Waals surface area (Å²) in [4.78, 5) is 17.3. The third kappa shape index (κ3) is 2.65. The second-order valence-electron chi connectivity index (χ2n) is 7.81. The molecule has 0 radical (unpaired) electrons. The average Bonchev–Trinajstić information content (AvgIpc) is 3.18. The van der Waals surface area contributed by atoms with E-state index in [0.29, 0.717) is 6.54 Å². The van der Waals surface area contributed by atoms with Crippen LogP contribution in [-0.2, 0) is 17.3 Å². The number of hydrogen-bond donors (Lipinski definition) is 1. The summed E-state index contributed by atoms with van der Waals surface area (Å²) >= 11 is 0. The van der Waals surface area contributed by atoms with Crippen LogP contribution < -0.4 is 5.32 Å². The van der Waals surface area contributed by atoms with E-state index in [4.69, 9.17) is 4.98 Å². The lowest BCUT2D eigenvalue weighted by atomic mass is 9.65. The first kappa shape index (κ1) is 17.6. The van der Waals surface area contributed by atoms with Gasteiger partial charge in [-0.15, -0.1) is 0 Å². The van der Waals surface area contributed by atoms with Gasteiger partial charge in [-0.25, -0.2) is 9.67 Å². The molecule has 0 spiro atoms. The van der Waals surface area contributed by atoms with Crippen molar-refractivity contribution >= 4 is 5.91 Å². The predicted molar refractivity (Wildman–Crippen MR) is 95.4 cm³/mol. The third-order valence-corrected chi connectivity index (χ3v) is 6.04. The zero-order valence-corrected chi connectivity index (χ0v) is 16.0. The van der Waals surface area contributed by atoms with Crippen molar-refractivity contribution in [2.75, 3.05) is 6.54 Å². The molecule has 1 fully saturated rings. The number of carbonyl (C=O) groups excluding carboxylic acids is 1. The molecule has 3 rings (SSSR count). The average molecular weight is 344 g/mol. The van der Waals surface area contributed by atoms with E-state index in [1.54, 1.807) is 10.9 Å². The van der Waals surface area contributed by atoms with E-state index >= 15 is 0 Å². The number of rotatable bonds is 4. The highest BCUT2D eigenvalue weighted by atomic mass is 16.1. The van der Waals surface area contributed by atoms with Crippen LogP contribution in [0.3, 0.4) is 0 Å². The number of hydrogen-bond acceptors (Lipinski definition) is 4. The lowest BCUT2D eigenvalue weighted by molar-refractivity contribution is -0.128. The van der Waals surface area contributed by atoms with E-state index in [-0.39, 0.29) is 22.7 Å². The fourth-order valence-electron chi connectivity index (χ4n) is 4.13. The van der Waals surface area contributed by atoms with Gasteiger partial charge in [-0.05, 0) is 32.1 Å². The fraction of sp³-hybridized carbons (Fsp3) is 0.667. The van der Waals surface area contributed by atoms with Crippen LogP contribution in [0.1, 0.15) is 52.2 Å². The quantitative estimate of drug-likeness (QED) is 0.922. The van der Waals surface area contributed by atoms with Gasteiger partial charge in [0.1, 0.15) is 17.3 Å². The summed E-state index contributed by atoms with van der Waals surface area (Å²) in [6.07, 6.45) is 5.49. The van der Waals surface area contributed by atoms with Gasteiger partial charge in [-0.1, -0.05) is 20.8 Å². The monoisotopic (exact) mass is 344 g/mol. The van der Waals surface area contributed by atoms with Crippen LogP contribution >= 0.6 is 0 Å². The van der Waals surface area contributed by atoms with Crippen LogP contribution in [0.2, 0.25) is 0 Å². The molecule has 2 atom stereocenters. The SMILES string of the molecule is CCNC(=O)[C@H]1CC[C@@](C)(c2nc(C)nn2-c2cnn(C)c2)C1(C)C. The molecule has 1 saturated carbocycles. The maximum absolute atomic E-state index is 12.6. The smallest absolute Gasteiger partial charge is 0.223 e. The van der Waals surface area contributed by atoms with Gasteiger partial charge in [0, 0.05) is 24.9 Å². The molecule has 0 aliphatic heterocycles. The van der Waals surface area contributed by atoms with Crippen molar-refractivity contribution in [1.82, 2.24) is 29.9 Å². The molecule has 0 aromatic carbocycles. The van der Waals surface area contributed by atoms with Gasteiger partial charge >= 0.3 is 0 Å². The summed E-state index contributed by atoms with van der Waals surface area (Å²) in [5.41, 5.74) is 0.419. The van der Waals surface area contributed by atoms with Crippen LogP contribution in [0.15, 0.2) is 12.4 Å². The maximum atomic E-state index is 12.6. The summed E-state index contributed by atoms with van der Waals surface area (Å²) in [7, 11) is 1.89. The van der Waals surface area contributed by atoms with E-state index < -0.39 is 0 Å². The highest BCUT2D eigenvalue weighted by Crippen LogP contribution is 2.56. The van der Waals surface area contributed by atoms with Gasteiger partial charge in [0.05, 0.1) is 12.4 Å². The van der Waals surface area contributed by atoms with Crippen molar-refractivity contribution in [2.45, 2.75) is 52.9 Å². The second kappa shape index (κ2) is 5.97. The Balaban J connectivity index is 2.06. The number of aryl methyl sites for hydroxylation is 2. The van der Waals surface area contributed by atoms with Crippen LogP contribution in [-0.4, -0.2) is 37.0 Å². The zero-order chi connectivity index (χ0) is 18.4. The summed E-state index contributed by atoms with van der Waals surface area (Å²) in [6.45, 7) is 11.1. The second-order valence-corrected chi connectivity index (χ2v) is 7.81. The Morgan fingerprint density at radius 3 is 2.72 bits per heavy atom. The minimum absolute atomic E-state index is 0.0307. The Bertz CT molecular complexity index is 789. The van der Waals surface area contributed by atoms with Crippen molar-refractivity contribution < 1.29 is 4.79 Å². The van der Waals surface area contributed by atoms with Crippen LogP contribution in [0, 0.1) is 18.3 Å². The highest BCUT2D eigenvalue weighted by molar-refractivity contribution is 5.80. The molecule has 2 aromatic rings. The molecule has 0 unspecified atom stereocenters. The molecule has 1 N–H and O–H groups in total. The van der Waals surface area contributed by atoms with Gasteiger partial charge in [0.15, 0.2) is 0 Å². The Morgan fingerprint density at radius 2 is 2.12 bits per heavy atom. The van der Waals surface area contributed by atoms with Gasteiger partial charge in [-0.2, -0.15) is 10.2 Å². The number of amides is 1. The molecule has 2 heterocycles. The van der Waals surface area contributed by atoms with Crippen LogP contribution in [0.4, 0.5) is 0 Å². The molecular weight excluding hydrogens is 316 g/mol. The summed E-state index contributed by atoms with van der Waals surface area (Å²) in [5, 5.41) is 11.9. The Kier molecular flexibility index (Phi) is 4.21. The fourth-order valence-corrected chi connectivity index (χ4v) is 4.13. The van der Waals surface area contributed by atoms with E-state index in [2.05, 4.69) is 36.3 Å². The van der Waals surface area contributed by atoms with Crippen molar-refractivity contribution in [1.29, 1.82) is 0 Å². The number of nitrogens with one attached hydrogen (secondary N) is 1. The molecule has 1 amide bonds. The normalized spacial score (nSPS) is 25.3. The number of aromatic nitrogens is 5. The minimum Gasteiger partial charge on any atom is -0.356 e. The first-order chi connectivity index (χ1) is 11.7. The molecular formula is C18H28N6O. The van der Waals surface area contributed by atoms with Gasteiger partial charge in [0.2, 0.25) is 5.91 Å². The van der Waals surface area contributed by atoms with Gasteiger partial charge < -0.3 is 5.32 Å². The first-order valence-electron chi connectivity index (χ1n) is 8.91. The molecule has 1 aliphatic carbocycles. The molecule has 0 bridgehead atoms. The van der Waals surface area contributed by atoms with Crippen molar-refractivity contribution in [3.63, 3.8) is 0 Å². The largest absolute Gasteiger partial charge is 0.356 e. The molecule has 7 nitrogen and oxygen atoms in total. The Hall–Kier alpha value is -2.18. The molecule has 0 saturated heterocycles. The van der Waals surface area contributed by atoms with Crippen LogP contribution in [0.25, 0.3) is 5.69 Å². The van der Waals surface area contributed by atoms with Crippen molar-refractivity contribution in [3.05, 3.63) is 24.0 Å². The predicted octanol–water partition coefficient (Wildman–Crippen LogP) is 2.14. The molecule has 136 valence electrons. The zero-order valence-electron chi connectivity index (χ0n) is 16.0.